The van der Waals surface area contributed by atoms with Gasteiger partial charge >= 0.3 is 0 Å². The normalized spacial score (nSPS) is 31.9. The summed E-state index contributed by atoms with van der Waals surface area (Å²) < 4.78 is 0. The van der Waals surface area contributed by atoms with Crippen molar-refractivity contribution in [2.75, 3.05) is 13.1 Å². The molecule has 2 aliphatic rings. The van der Waals surface area contributed by atoms with Gasteiger partial charge in [0.1, 0.15) is 5.78 Å². The quantitative estimate of drug-likeness (QED) is 0.671. The summed E-state index contributed by atoms with van der Waals surface area (Å²) in [7, 11) is 0. The Morgan fingerprint density at radius 3 is 2.81 bits per heavy atom. The highest BCUT2D eigenvalue weighted by Gasteiger charge is 2.27. The molecule has 1 aliphatic carbocycles. The van der Waals surface area contributed by atoms with E-state index >= 15 is 0 Å². The molecule has 1 amide bonds. The summed E-state index contributed by atoms with van der Waals surface area (Å²) in [6.45, 7) is 3.84. The van der Waals surface area contributed by atoms with Crippen molar-refractivity contribution in [2.24, 2.45) is 11.8 Å². The van der Waals surface area contributed by atoms with Crippen molar-refractivity contribution < 1.29 is 9.59 Å². The Hall–Kier alpha value is -0.860. The van der Waals surface area contributed by atoms with E-state index < -0.39 is 0 Å². The van der Waals surface area contributed by atoms with E-state index in [1.54, 1.807) is 0 Å². The van der Waals surface area contributed by atoms with Crippen molar-refractivity contribution >= 4 is 11.7 Å². The van der Waals surface area contributed by atoms with Crippen molar-refractivity contribution in [2.45, 2.75) is 45.4 Å². The molecular formula is C13H21NO2. The maximum absolute atomic E-state index is 11.7. The number of Topliss-reactive ketones (excluding diaryl/α,β-unsaturated/α-hetero) is 1. The molecule has 1 heterocycles. The second-order valence-corrected chi connectivity index (χ2v) is 5.44. The van der Waals surface area contributed by atoms with Crippen LogP contribution in [-0.2, 0) is 9.59 Å². The summed E-state index contributed by atoms with van der Waals surface area (Å²) in [6, 6.07) is 0. The average molecular weight is 223 g/mol. The number of carbonyl (C=O) groups excluding carboxylic acids is 2. The van der Waals surface area contributed by atoms with Gasteiger partial charge in [-0.3, -0.25) is 9.59 Å². The van der Waals surface area contributed by atoms with Crippen LogP contribution in [0.25, 0.3) is 0 Å². The molecule has 1 saturated heterocycles. The summed E-state index contributed by atoms with van der Waals surface area (Å²) in [5.74, 6) is 1.63. The summed E-state index contributed by atoms with van der Waals surface area (Å²) in [5, 5.41) is 0. The van der Waals surface area contributed by atoms with Gasteiger partial charge in [-0.25, -0.2) is 0 Å². The number of carbonyl (C=O) groups is 2. The lowest BCUT2D eigenvalue weighted by atomic mass is 9.82. The number of rotatable bonds is 2. The van der Waals surface area contributed by atoms with Gasteiger partial charge in [0.05, 0.1) is 6.42 Å². The van der Waals surface area contributed by atoms with Crippen molar-refractivity contribution in [1.29, 1.82) is 0 Å². The number of hydrogen-bond donors (Lipinski definition) is 0. The van der Waals surface area contributed by atoms with E-state index in [1.165, 1.54) is 25.7 Å². The lowest BCUT2D eigenvalue weighted by molar-refractivity contribution is -0.140. The van der Waals surface area contributed by atoms with Crippen molar-refractivity contribution in [3.63, 3.8) is 0 Å². The largest absolute Gasteiger partial charge is 0.342 e. The molecule has 2 atom stereocenters. The molecule has 0 radical (unpaired) electrons. The fourth-order valence-corrected chi connectivity index (χ4v) is 2.98. The topological polar surface area (TPSA) is 37.4 Å². The first kappa shape index (κ1) is 11.6. The van der Waals surface area contributed by atoms with Crippen LogP contribution in [0.4, 0.5) is 0 Å². The van der Waals surface area contributed by atoms with Crippen molar-refractivity contribution in [1.82, 2.24) is 4.90 Å². The zero-order valence-corrected chi connectivity index (χ0v) is 10.1. The van der Waals surface area contributed by atoms with E-state index in [-0.39, 0.29) is 18.1 Å². The summed E-state index contributed by atoms with van der Waals surface area (Å²) >= 11 is 0. The minimum absolute atomic E-state index is 0.0504. The van der Waals surface area contributed by atoms with E-state index in [0.29, 0.717) is 18.9 Å². The van der Waals surface area contributed by atoms with Crippen LogP contribution >= 0.6 is 0 Å². The first-order valence-electron chi connectivity index (χ1n) is 6.44. The van der Waals surface area contributed by atoms with Gasteiger partial charge in [-0.05, 0) is 24.7 Å². The van der Waals surface area contributed by atoms with Gasteiger partial charge in [-0.15, -0.1) is 0 Å². The molecule has 0 aromatic heterocycles. The predicted molar refractivity (Wildman–Crippen MR) is 61.9 cm³/mol. The third kappa shape index (κ3) is 2.83. The van der Waals surface area contributed by atoms with Crippen molar-refractivity contribution in [3.8, 4) is 0 Å². The van der Waals surface area contributed by atoms with Crippen LogP contribution in [0.3, 0.4) is 0 Å². The Bertz CT molecular complexity index is 288. The number of ketones is 1. The summed E-state index contributed by atoms with van der Waals surface area (Å²) in [5.41, 5.74) is 0. The number of nitrogens with zero attached hydrogens (tertiary/aromatic N) is 1. The second kappa shape index (κ2) is 4.98. The van der Waals surface area contributed by atoms with Crippen LogP contribution in [0, 0.1) is 11.8 Å². The Morgan fingerprint density at radius 2 is 2.12 bits per heavy atom. The van der Waals surface area contributed by atoms with Gasteiger partial charge in [0.15, 0.2) is 0 Å². The molecule has 0 spiro atoms. The summed E-state index contributed by atoms with van der Waals surface area (Å²) in [6.07, 6.45) is 5.84. The molecule has 1 saturated carbocycles. The van der Waals surface area contributed by atoms with E-state index in [4.69, 9.17) is 0 Å². The fraction of sp³-hybridized carbons (Fsp3) is 0.846. The van der Waals surface area contributed by atoms with Crippen LogP contribution in [-0.4, -0.2) is 29.7 Å². The molecule has 2 fully saturated rings. The van der Waals surface area contributed by atoms with Gasteiger partial charge < -0.3 is 4.90 Å². The molecule has 0 aromatic rings. The molecule has 1 aliphatic heterocycles. The van der Waals surface area contributed by atoms with Gasteiger partial charge in [-0.1, -0.05) is 19.8 Å². The van der Waals surface area contributed by atoms with Gasteiger partial charge in [-0.2, -0.15) is 0 Å². The van der Waals surface area contributed by atoms with Crippen LogP contribution in [0.1, 0.15) is 45.4 Å². The molecule has 0 aromatic carbocycles. The zero-order chi connectivity index (χ0) is 11.5. The highest BCUT2D eigenvalue weighted by atomic mass is 16.2. The first-order valence-corrected chi connectivity index (χ1v) is 6.44. The Morgan fingerprint density at radius 1 is 1.31 bits per heavy atom. The Labute approximate surface area is 97.2 Å². The smallest absolute Gasteiger partial charge is 0.230 e. The van der Waals surface area contributed by atoms with Crippen molar-refractivity contribution in [3.05, 3.63) is 0 Å². The van der Waals surface area contributed by atoms with E-state index in [1.807, 2.05) is 4.90 Å². The van der Waals surface area contributed by atoms with E-state index in [2.05, 4.69) is 6.92 Å². The molecular weight excluding hydrogens is 202 g/mol. The molecule has 3 heteroatoms. The highest BCUT2D eigenvalue weighted by Crippen LogP contribution is 2.29. The third-order valence-corrected chi connectivity index (χ3v) is 3.89. The van der Waals surface area contributed by atoms with Crippen LogP contribution < -0.4 is 0 Å². The lowest BCUT2D eigenvalue weighted by Gasteiger charge is -2.33. The maximum Gasteiger partial charge on any atom is 0.230 e. The summed E-state index contributed by atoms with van der Waals surface area (Å²) in [4.78, 5) is 24.7. The number of likely N-dealkylation sites (tertiary alicyclic amines) is 1. The maximum atomic E-state index is 11.7. The number of hydrogen-bond acceptors (Lipinski definition) is 2. The molecule has 90 valence electrons. The van der Waals surface area contributed by atoms with Gasteiger partial charge in [0.25, 0.3) is 0 Å². The fourth-order valence-electron chi connectivity index (χ4n) is 2.98. The standard InChI is InChI=1S/C13H21NO2/c1-10-3-2-4-11(7-10)9-14-6-5-12(15)8-13(14)16/h10-11H,2-9H2,1H3. The second-order valence-electron chi connectivity index (χ2n) is 5.44. The monoisotopic (exact) mass is 223 g/mol. The zero-order valence-electron chi connectivity index (χ0n) is 10.1. The minimum atomic E-state index is 0.0504. The van der Waals surface area contributed by atoms with E-state index in [9.17, 15) is 9.59 Å². The first-order chi connectivity index (χ1) is 7.65. The van der Waals surface area contributed by atoms with Gasteiger partial charge in [0.2, 0.25) is 5.91 Å². The molecule has 2 rings (SSSR count). The lowest BCUT2D eigenvalue weighted by Crippen LogP contribution is -2.42. The predicted octanol–water partition coefficient (Wildman–Crippen LogP) is 2.00. The van der Waals surface area contributed by atoms with Crippen LogP contribution in [0.15, 0.2) is 0 Å². The van der Waals surface area contributed by atoms with Gasteiger partial charge in [0, 0.05) is 19.5 Å². The third-order valence-electron chi connectivity index (χ3n) is 3.89. The average Bonchev–Trinajstić information content (AvgIpc) is 2.22. The Balaban J connectivity index is 1.84. The molecule has 0 bridgehead atoms. The Kier molecular flexibility index (Phi) is 3.62. The number of amides is 1. The molecule has 3 nitrogen and oxygen atoms in total. The minimum Gasteiger partial charge on any atom is -0.342 e. The SMILES string of the molecule is CC1CCCC(CN2CCC(=O)CC2=O)C1. The van der Waals surface area contributed by atoms with Crippen LogP contribution in [0.5, 0.6) is 0 Å². The van der Waals surface area contributed by atoms with Crippen LogP contribution in [0.2, 0.25) is 0 Å². The molecule has 2 unspecified atom stereocenters. The number of piperidine rings is 1. The molecule has 0 N–H and O–H groups in total. The molecule has 16 heavy (non-hydrogen) atoms. The van der Waals surface area contributed by atoms with E-state index in [0.717, 1.165) is 12.5 Å². The highest BCUT2D eigenvalue weighted by molar-refractivity contribution is 6.00.